The molecule has 1 fully saturated rings. The molecule has 2 N–H and O–H groups in total. The Balaban J connectivity index is 1.61. The van der Waals surface area contributed by atoms with Crippen LogP contribution in [-0.4, -0.2) is 33.3 Å². The number of rotatable bonds is 6. The number of hydrogen-bond acceptors (Lipinski definition) is 3. The average molecular weight is 389 g/mol. The Morgan fingerprint density at radius 2 is 2.07 bits per heavy atom. The molecule has 1 heterocycles. The summed E-state index contributed by atoms with van der Waals surface area (Å²) in [5.41, 5.74) is 1.22. The van der Waals surface area contributed by atoms with Gasteiger partial charge in [0.1, 0.15) is 12.4 Å². The fourth-order valence-corrected chi connectivity index (χ4v) is 3.56. The SMILES string of the molecule is Cc1nnc(CN=C(NCCc2cccc(Cl)c2)NC2CCCCC2)n1C. The van der Waals surface area contributed by atoms with Gasteiger partial charge in [-0.1, -0.05) is 43.0 Å². The third-order valence-corrected chi connectivity index (χ3v) is 5.34. The first-order chi connectivity index (χ1) is 13.1. The molecule has 1 saturated carbocycles. The highest BCUT2D eigenvalue weighted by Crippen LogP contribution is 2.17. The average Bonchev–Trinajstić information content (AvgIpc) is 2.99. The van der Waals surface area contributed by atoms with E-state index in [9.17, 15) is 0 Å². The molecule has 6 nitrogen and oxygen atoms in total. The van der Waals surface area contributed by atoms with Gasteiger partial charge in [-0.15, -0.1) is 10.2 Å². The van der Waals surface area contributed by atoms with Gasteiger partial charge in [-0.3, -0.25) is 0 Å². The van der Waals surface area contributed by atoms with Gasteiger partial charge in [0, 0.05) is 24.7 Å². The summed E-state index contributed by atoms with van der Waals surface area (Å²) >= 11 is 6.08. The molecule has 3 rings (SSSR count). The molecule has 27 heavy (non-hydrogen) atoms. The molecule has 1 aromatic carbocycles. The van der Waals surface area contributed by atoms with E-state index in [2.05, 4.69) is 26.9 Å². The number of benzene rings is 1. The molecule has 7 heteroatoms. The number of guanidine groups is 1. The predicted molar refractivity (Wildman–Crippen MR) is 110 cm³/mol. The Kier molecular flexibility index (Phi) is 7.10. The second-order valence-corrected chi connectivity index (χ2v) is 7.61. The zero-order chi connectivity index (χ0) is 19.1. The van der Waals surface area contributed by atoms with Crippen molar-refractivity contribution < 1.29 is 0 Å². The van der Waals surface area contributed by atoms with E-state index in [0.29, 0.717) is 12.6 Å². The second kappa shape index (κ2) is 9.74. The third-order valence-electron chi connectivity index (χ3n) is 5.10. The van der Waals surface area contributed by atoms with Crippen molar-refractivity contribution in [1.29, 1.82) is 0 Å². The van der Waals surface area contributed by atoms with E-state index in [1.807, 2.05) is 36.7 Å². The zero-order valence-electron chi connectivity index (χ0n) is 16.2. The third kappa shape index (κ3) is 5.96. The Bertz CT molecular complexity index is 764. The summed E-state index contributed by atoms with van der Waals surface area (Å²) in [5.74, 6) is 2.62. The minimum absolute atomic E-state index is 0.498. The second-order valence-electron chi connectivity index (χ2n) is 7.17. The molecule has 0 saturated heterocycles. The minimum atomic E-state index is 0.498. The first kappa shape index (κ1) is 19.7. The van der Waals surface area contributed by atoms with Crippen molar-refractivity contribution in [1.82, 2.24) is 25.4 Å². The molecule has 0 unspecified atom stereocenters. The quantitative estimate of drug-likeness (QED) is 0.588. The molecular formula is C20H29ClN6. The normalized spacial score (nSPS) is 15.7. The van der Waals surface area contributed by atoms with E-state index in [4.69, 9.17) is 16.6 Å². The van der Waals surface area contributed by atoms with Crippen molar-refractivity contribution in [2.24, 2.45) is 12.0 Å². The summed E-state index contributed by atoms with van der Waals surface area (Å²) in [7, 11) is 1.97. The maximum Gasteiger partial charge on any atom is 0.191 e. The van der Waals surface area contributed by atoms with Crippen molar-refractivity contribution in [2.45, 2.75) is 58.0 Å². The monoisotopic (exact) mass is 388 g/mol. The number of aryl methyl sites for hydroxylation is 1. The lowest BCUT2D eigenvalue weighted by Crippen LogP contribution is -2.44. The van der Waals surface area contributed by atoms with E-state index < -0.39 is 0 Å². The van der Waals surface area contributed by atoms with Gasteiger partial charge >= 0.3 is 0 Å². The fourth-order valence-electron chi connectivity index (χ4n) is 3.35. The van der Waals surface area contributed by atoms with Crippen molar-refractivity contribution in [3.05, 3.63) is 46.5 Å². The van der Waals surface area contributed by atoms with Crippen LogP contribution in [0.25, 0.3) is 0 Å². The van der Waals surface area contributed by atoms with Gasteiger partial charge in [-0.2, -0.15) is 0 Å². The van der Waals surface area contributed by atoms with Gasteiger partial charge < -0.3 is 15.2 Å². The molecule has 0 aliphatic heterocycles. The summed E-state index contributed by atoms with van der Waals surface area (Å²) in [4.78, 5) is 4.76. The Morgan fingerprint density at radius 3 is 2.78 bits per heavy atom. The number of halogens is 1. The number of nitrogens with one attached hydrogen (secondary N) is 2. The number of nitrogens with zero attached hydrogens (tertiary/aromatic N) is 4. The number of hydrogen-bond donors (Lipinski definition) is 2. The molecule has 1 aliphatic rings. The van der Waals surface area contributed by atoms with Crippen LogP contribution >= 0.6 is 11.6 Å². The van der Waals surface area contributed by atoms with Crippen molar-refractivity contribution in [3.63, 3.8) is 0 Å². The van der Waals surface area contributed by atoms with Crippen LogP contribution < -0.4 is 10.6 Å². The fraction of sp³-hybridized carbons (Fsp3) is 0.550. The minimum Gasteiger partial charge on any atom is -0.356 e. The van der Waals surface area contributed by atoms with Crippen LogP contribution in [0, 0.1) is 6.92 Å². The van der Waals surface area contributed by atoms with Crippen molar-refractivity contribution in [2.75, 3.05) is 6.54 Å². The maximum absolute atomic E-state index is 6.08. The van der Waals surface area contributed by atoms with Gasteiger partial charge in [-0.25, -0.2) is 4.99 Å². The van der Waals surface area contributed by atoms with Gasteiger partial charge in [-0.05, 0) is 43.9 Å². The largest absolute Gasteiger partial charge is 0.356 e. The summed E-state index contributed by atoms with van der Waals surface area (Å²) in [6, 6.07) is 8.50. The molecule has 0 amide bonds. The Morgan fingerprint density at radius 1 is 1.26 bits per heavy atom. The van der Waals surface area contributed by atoms with Crippen LogP contribution in [0.4, 0.5) is 0 Å². The van der Waals surface area contributed by atoms with E-state index in [-0.39, 0.29) is 0 Å². The molecule has 1 aliphatic carbocycles. The molecular weight excluding hydrogens is 360 g/mol. The van der Waals surface area contributed by atoms with Gasteiger partial charge in [0.15, 0.2) is 11.8 Å². The highest BCUT2D eigenvalue weighted by molar-refractivity contribution is 6.30. The van der Waals surface area contributed by atoms with E-state index in [1.165, 1.54) is 37.7 Å². The van der Waals surface area contributed by atoms with Gasteiger partial charge in [0.05, 0.1) is 0 Å². The van der Waals surface area contributed by atoms with Crippen LogP contribution in [0.1, 0.15) is 49.3 Å². The molecule has 0 bridgehead atoms. The molecule has 0 radical (unpaired) electrons. The summed E-state index contributed by atoms with van der Waals surface area (Å²) in [6.07, 6.45) is 7.22. The smallest absolute Gasteiger partial charge is 0.191 e. The van der Waals surface area contributed by atoms with Crippen molar-refractivity contribution >= 4 is 17.6 Å². The van der Waals surface area contributed by atoms with Crippen LogP contribution in [0.3, 0.4) is 0 Å². The number of aliphatic imine (C=N–C) groups is 1. The van der Waals surface area contributed by atoms with E-state index in [0.717, 1.165) is 35.6 Å². The topological polar surface area (TPSA) is 67.1 Å². The number of aromatic nitrogens is 3. The summed E-state index contributed by atoms with van der Waals surface area (Å²) < 4.78 is 1.98. The lowest BCUT2D eigenvalue weighted by atomic mass is 9.96. The maximum atomic E-state index is 6.08. The van der Waals surface area contributed by atoms with Crippen LogP contribution in [0.5, 0.6) is 0 Å². The summed E-state index contributed by atoms with van der Waals surface area (Å²) in [5, 5.41) is 16.2. The molecule has 2 aromatic rings. The molecule has 1 aromatic heterocycles. The Labute approximate surface area is 166 Å². The van der Waals surface area contributed by atoms with Crippen LogP contribution in [0.15, 0.2) is 29.3 Å². The van der Waals surface area contributed by atoms with Gasteiger partial charge in [0.25, 0.3) is 0 Å². The van der Waals surface area contributed by atoms with Crippen LogP contribution in [0.2, 0.25) is 5.02 Å². The molecule has 0 atom stereocenters. The Hall–Kier alpha value is -2.08. The lowest BCUT2D eigenvalue weighted by Gasteiger charge is -2.25. The van der Waals surface area contributed by atoms with E-state index in [1.54, 1.807) is 0 Å². The zero-order valence-corrected chi connectivity index (χ0v) is 17.0. The molecule has 146 valence electrons. The van der Waals surface area contributed by atoms with Gasteiger partial charge in [0.2, 0.25) is 0 Å². The predicted octanol–water partition coefficient (Wildman–Crippen LogP) is 3.39. The molecule has 0 spiro atoms. The standard InChI is InChI=1S/C20H29ClN6/c1-15-25-26-19(27(15)2)14-23-20(24-18-9-4-3-5-10-18)22-12-11-16-7-6-8-17(21)13-16/h6-8,13,18H,3-5,9-12,14H2,1-2H3,(H2,22,23,24). The van der Waals surface area contributed by atoms with E-state index >= 15 is 0 Å². The lowest BCUT2D eigenvalue weighted by molar-refractivity contribution is 0.410. The first-order valence-electron chi connectivity index (χ1n) is 9.76. The summed E-state index contributed by atoms with van der Waals surface area (Å²) in [6.45, 7) is 3.26. The van der Waals surface area contributed by atoms with Crippen LogP contribution in [-0.2, 0) is 20.0 Å². The first-order valence-corrected chi connectivity index (χ1v) is 10.1. The highest BCUT2D eigenvalue weighted by atomic mass is 35.5. The van der Waals surface area contributed by atoms with Crippen molar-refractivity contribution in [3.8, 4) is 0 Å². The highest BCUT2D eigenvalue weighted by Gasteiger charge is 2.15.